The lowest BCUT2D eigenvalue weighted by Gasteiger charge is -1.89. The van der Waals surface area contributed by atoms with E-state index in [1.807, 2.05) is 31.2 Å². The molecule has 0 aliphatic rings. The summed E-state index contributed by atoms with van der Waals surface area (Å²) >= 11 is 0. The maximum Gasteiger partial charge on any atom is 0.0340 e. The van der Waals surface area contributed by atoms with E-state index in [9.17, 15) is 0 Å². The SMILES string of the molecule is CC#CCc1cc[c]cc1. The van der Waals surface area contributed by atoms with Gasteiger partial charge in [-0.1, -0.05) is 30.2 Å². The minimum absolute atomic E-state index is 0.852. The number of hydrogen-bond donors (Lipinski definition) is 0. The predicted molar refractivity (Wildman–Crippen MR) is 42.4 cm³/mol. The lowest BCUT2D eigenvalue weighted by Crippen LogP contribution is -1.77. The molecule has 0 saturated heterocycles. The highest BCUT2D eigenvalue weighted by molar-refractivity contribution is 5.19. The largest absolute Gasteiger partial charge is 0.106 e. The van der Waals surface area contributed by atoms with Crippen LogP contribution in [-0.2, 0) is 6.42 Å². The summed E-state index contributed by atoms with van der Waals surface area (Å²) in [7, 11) is 0. The molecule has 1 aromatic carbocycles. The fourth-order valence-corrected chi connectivity index (χ4v) is 0.730. The maximum atomic E-state index is 3.00. The molecule has 0 heterocycles. The molecular formula is C10H9. The first-order chi connectivity index (χ1) is 4.93. The van der Waals surface area contributed by atoms with Crippen molar-refractivity contribution in [3.63, 3.8) is 0 Å². The van der Waals surface area contributed by atoms with Crippen LogP contribution in [0.15, 0.2) is 24.3 Å². The molecule has 0 unspecified atom stereocenters. The second-order valence-corrected chi connectivity index (χ2v) is 2.01. The van der Waals surface area contributed by atoms with E-state index in [-0.39, 0.29) is 0 Å². The molecule has 0 aliphatic heterocycles. The molecule has 0 aromatic heterocycles. The molecule has 0 nitrogen and oxygen atoms in total. The first-order valence-electron chi connectivity index (χ1n) is 3.28. The van der Waals surface area contributed by atoms with Gasteiger partial charge in [-0.25, -0.2) is 0 Å². The van der Waals surface area contributed by atoms with Crippen molar-refractivity contribution in [2.45, 2.75) is 13.3 Å². The molecular weight excluding hydrogens is 120 g/mol. The second kappa shape index (κ2) is 3.74. The van der Waals surface area contributed by atoms with Crippen LogP contribution in [0.3, 0.4) is 0 Å². The molecule has 0 amide bonds. The van der Waals surface area contributed by atoms with Crippen molar-refractivity contribution >= 4 is 0 Å². The van der Waals surface area contributed by atoms with Gasteiger partial charge in [-0.3, -0.25) is 0 Å². The molecule has 1 aromatic rings. The zero-order chi connectivity index (χ0) is 7.23. The molecule has 0 atom stereocenters. The van der Waals surface area contributed by atoms with E-state index in [1.54, 1.807) is 0 Å². The van der Waals surface area contributed by atoms with Gasteiger partial charge in [-0.05, 0) is 18.6 Å². The van der Waals surface area contributed by atoms with Gasteiger partial charge in [-0.2, -0.15) is 0 Å². The summed E-state index contributed by atoms with van der Waals surface area (Å²) in [6.45, 7) is 1.86. The summed E-state index contributed by atoms with van der Waals surface area (Å²) in [5, 5.41) is 0. The Morgan fingerprint density at radius 2 is 2.10 bits per heavy atom. The summed E-state index contributed by atoms with van der Waals surface area (Å²) in [6.07, 6.45) is 0.852. The maximum absolute atomic E-state index is 3.00. The van der Waals surface area contributed by atoms with E-state index in [0.717, 1.165) is 6.42 Å². The summed E-state index contributed by atoms with van der Waals surface area (Å²) < 4.78 is 0. The summed E-state index contributed by atoms with van der Waals surface area (Å²) in [5.41, 5.74) is 1.26. The van der Waals surface area contributed by atoms with Gasteiger partial charge < -0.3 is 0 Å². The molecule has 0 fully saturated rings. The molecule has 10 heavy (non-hydrogen) atoms. The molecule has 0 aliphatic carbocycles. The normalized spacial score (nSPS) is 8.10. The van der Waals surface area contributed by atoms with E-state index in [4.69, 9.17) is 0 Å². The van der Waals surface area contributed by atoms with E-state index < -0.39 is 0 Å². The smallest absolute Gasteiger partial charge is 0.0340 e. The lowest BCUT2D eigenvalue weighted by molar-refractivity contribution is 1.32. The van der Waals surface area contributed by atoms with Crippen LogP contribution in [-0.4, -0.2) is 0 Å². The molecule has 0 N–H and O–H groups in total. The minimum atomic E-state index is 0.852. The zero-order valence-corrected chi connectivity index (χ0v) is 6.02. The van der Waals surface area contributed by atoms with Crippen LogP contribution in [0.25, 0.3) is 0 Å². The van der Waals surface area contributed by atoms with Crippen LogP contribution < -0.4 is 0 Å². The Kier molecular flexibility index (Phi) is 2.58. The third-order valence-electron chi connectivity index (χ3n) is 1.26. The van der Waals surface area contributed by atoms with E-state index in [2.05, 4.69) is 17.9 Å². The fraction of sp³-hybridized carbons (Fsp3) is 0.200. The van der Waals surface area contributed by atoms with E-state index in [1.165, 1.54) is 5.56 Å². The standard InChI is InChI=1S/C10H9/c1-2-3-7-10-8-5-4-6-9-10/h5-6,8-9H,7H2,1H3. The molecule has 0 spiro atoms. The molecule has 49 valence electrons. The Labute approximate surface area is 61.9 Å². The highest BCUT2D eigenvalue weighted by atomic mass is 13.9. The van der Waals surface area contributed by atoms with Crippen LogP contribution >= 0.6 is 0 Å². The number of hydrogen-bond acceptors (Lipinski definition) is 0. The van der Waals surface area contributed by atoms with Gasteiger partial charge in [0, 0.05) is 6.42 Å². The third kappa shape index (κ3) is 1.95. The molecule has 1 radical (unpaired) electrons. The van der Waals surface area contributed by atoms with Gasteiger partial charge >= 0.3 is 0 Å². The van der Waals surface area contributed by atoms with Crippen molar-refractivity contribution < 1.29 is 0 Å². The highest BCUT2D eigenvalue weighted by Gasteiger charge is 1.83. The molecule has 0 bridgehead atoms. The monoisotopic (exact) mass is 129 g/mol. The van der Waals surface area contributed by atoms with Gasteiger partial charge in [-0.15, -0.1) is 5.92 Å². The number of rotatable bonds is 1. The predicted octanol–water partition coefficient (Wildman–Crippen LogP) is 2.05. The van der Waals surface area contributed by atoms with Crippen LogP contribution in [0.5, 0.6) is 0 Å². The fourth-order valence-electron chi connectivity index (χ4n) is 0.730. The third-order valence-corrected chi connectivity index (χ3v) is 1.26. The molecule has 0 saturated carbocycles. The first kappa shape index (κ1) is 6.89. The van der Waals surface area contributed by atoms with Crippen molar-refractivity contribution in [2.24, 2.45) is 0 Å². The Hall–Kier alpha value is -1.22. The molecule has 1 rings (SSSR count). The summed E-state index contributed by atoms with van der Waals surface area (Å²) in [4.78, 5) is 0. The van der Waals surface area contributed by atoms with Gasteiger partial charge in [0.05, 0.1) is 0 Å². The van der Waals surface area contributed by atoms with E-state index >= 15 is 0 Å². The van der Waals surface area contributed by atoms with Gasteiger partial charge in [0.15, 0.2) is 0 Å². The summed E-state index contributed by atoms with van der Waals surface area (Å²) in [6, 6.07) is 10.8. The average Bonchev–Trinajstić information content (AvgIpc) is 2.03. The lowest BCUT2D eigenvalue weighted by atomic mass is 10.2. The zero-order valence-electron chi connectivity index (χ0n) is 6.02. The van der Waals surface area contributed by atoms with Crippen LogP contribution in [0.1, 0.15) is 12.5 Å². The second-order valence-electron chi connectivity index (χ2n) is 2.01. The minimum Gasteiger partial charge on any atom is -0.106 e. The highest BCUT2D eigenvalue weighted by Crippen LogP contribution is 1.96. The van der Waals surface area contributed by atoms with Crippen LogP contribution in [0, 0.1) is 17.9 Å². The number of benzene rings is 1. The van der Waals surface area contributed by atoms with Gasteiger partial charge in [0.25, 0.3) is 0 Å². The van der Waals surface area contributed by atoms with Crippen LogP contribution in [0.4, 0.5) is 0 Å². The Morgan fingerprint density at radius 3 is 2.70 bits per heavy atom. The van der Waals surface area contributed by atoms with Crippen molar-refractivity contribution in [3.8, 4) is 11.8 Å². The van der Waals surface area contributed by atoms with Crippen LogP contribution in [0.2, 0.25) is 0 Å². The van der Waals surface area contributed by atoms with E-state index in [0.29, 0.717) is 0 Å². The van der Waals surface area contributed by atoms with Crippen molar-refractivity contribution in [1.82, 2.24) is 0 Å². The quantitative estimate of drug-likeness (QED) is 0.509. The Morgan fingerprint density at radius 1 is 1.40 bits per heavy atom. The summed E-state index contributed by atoms with van der Waals surface area (Å²) in [5.74, 6) is 5.86. The molecule has 0 heteroatoms. The average molecular weight is 129 g/mol. The van der Waals surface area contributed by atoms with Gasteiger partial charge in [0.1, 0.15) is 0 Å². The Bertz CT molecular complexity index is 236. The van der Waals surface area contributed by atoms with Gasteiger partial charge in [0.2, 0.25) is 0 Å². The van der Waals surface area contributed by atoms with Crippen molar-refractivity contribution in [2.75, 3.05) is 0 Å². The van der Waals surface area contributed by atoms with Crippen molar-refractivity contribution in [3.05, 3.63) is 35.9 Å². The van der Waals surface area contributed by atoms with Crippen molar-refractivity contribution in [1.29, 1.82) is 0 Å². The topological polar surface area (TPSA) is 0 Å². The Balaban J connectivity index is 2.64. The first-order valence-corrected chi connectivity index (χ1v) is 3.28.